The van der Waals surface area contributed by atoms with Crippen LogP contribution in [0.3, 0.4) is 0 Å². The largest absolute Gasteiger partial charge is 0.354 e. The maximum atomic E-state index is 12.1. The Bertz CT molecular complexity index is 547. The Hall–Kier alpha value is -1.60. The highest BCUT2D eigenvalue weighted by Crippen LogP contribution is 2.15. The lowest BCUT2D eigenvalue weighted by Crippen LogP contribution is -2.40. The summed E-state index contributed by atoms with van der Waals surface area (Å²) in [5.41, 5.74) is -0.00527. The van der Waals surface area contributed by atoms with Crippen molar-refractivity contribution in [2.75, 3.05) is 26.2 Å². The molecule has 0 saturated carbocycles. The summed E-state index contributed by atoms with van der Waals surface area (Å²) in [6.07, 6.45) is 4.06. The number of piperidine rings is 1. The number of nitrogens with one attached hydrogen (secondary N) is 3. The minimum atomic E-state index is -0.420. The molecule has 3 N–H and O–H groups in total. The maximum Gasteiger partial charge on any atom is 0.271 e. The van der Waals surface area contributed by atoms with Gasteiger partial charge in [0.1, 0.15) is 5.69 Å². The molecular weight excluding hydrogens is 330 g/mol. The first-order chi connectivity index (χ1) is 10.9. The van der Waals surface area contributed by atoms with Crippen LogP contribution in [0.25, 0.3) is 0 Å². The molecule has 1 atom stereocenters. The van der Waals surface area contributed by atoms with Gasteiger partial charge in [-0.2, -0.15) is 5.10 Å². The minimum Gasteiger partial charge on any atom is -0.354 e. The van der Waals surface area contributed by atoms with Crippen LogP contribution in [0.1, 0.15) is 50.1 Å². The lowest BCUT2D eigenvalue weighted by molar-refractivity contribution is -0.128. The first-order valence-corrected chi connectivity index (χ1v) is 8.20. The van der Waals surface area contributed by atoms with Crippen molar-refractivity contribution in [3.05, 3.63) is 18.0 Å². The molecule has 1 aromatic heterocycles. The van der Waals surface area contributed by atoms with E-state index < -0.39 is 5.41 Å². The second-order valence-corrected chi connectivity index (χ2v) is 6.94. The zero-order chi connectivity index (χ0) is 16.9. The molecule has 1 aliphatic heterocycles. The molecule has 8 heteroatoms. The fourth-order valence-electron chi connectivity index (χ4n) is 2.43. The molecule has 2 heterocycles. The van der Waals surface area contributed by atoms with Gasteiger partial charge < -0.3 is 16.0 Å². The lowest BCUT2D eigenvalue weighted by Gasteiger charge is -2.22. The number of carbonyl (C=O) groups is 2. The van der Waals surface area contributed by atoms with Crippen molar-refractivity contribution < 1.29 is 9.59 Å². The topological polar surface area (TPSA) is 88.0 Å². The van der Waals surface area contributed by atoms with Crippen molar-refractivity contribution in [2.45, 2.75) is 39.7 Å². The van der Waals surface area contributed by atoms with Gasteiger partial charge in [-0.1, -0.05) is 20.8 Å². The third-order valence-corrected chi connectivity index (χ3v) is 3.86. The van der Waals surface area contributed by atoms with E-state index in [4.69, 9.17) is 0 Å². The average molecular weight is 358 g/mol. The number of carbonyl (C=O) groups excluding carboxylic acids is 2. The number of hydrogen-bond acceptors (Lipinski definition) is 4. The summed E-state index contributed by atoms with van der Waals surface area (Å²) in [6, 6.07) is 2.05. The van der Waals surface area contributed by atoms with Crippen LogP contribution in [-0.2, 0) is 4.79 Å². The Balaban J connectivity index is 0.00000288. The highest BCUT2D eigenvalue weighted by molar-refractivity contribution is 5.92. The molecule has 0 aliphatic carbocycles. The smallest absolute Gasteiger partial charge is 0.271 e. The van der Waals surface area contributed by atoms with Gasteiger partial charge in [0.15, 0.2) is 0 Å². The van der Waals surface area contributed by atoms with Crippen LogP contribution < -0.4 is 16.0 Å². The van der Waals surface area contributed by atoms with Gasteiger partial charge in [-0.3, -0.25) is 14.3 Å². The Morgan fingerprint density at radius 1 is 1.33 bits per heavy atom. The van der Waals surface area contributed by atoms with E-state index in [-0.39, 0.29) is 24.2 Å². The van der Waals surface area contributed by atoms with Gasteiger partial charge in [0.25, 0.3) is 5.91 Å². The number of halogens is 1. The summed E-state index contributed by atoms with van der Waals surface area (Å²) < 4.78 is 1.86. The summed E-state index contributed by atoms with van der Waals surface area (Å²) in [4.78, 5) is 23.8. The molecule has 1 saturated heterocycles. The van der Waals surface area contributed by atoms with Gasteiger partial charge in [-0.15, -0.1) is 12.4 Å². The van der Waals surface area contributed by atoms with Crippen molar-refractivity contribution in [1.29, 1.82) is 0 Å². The predicted molar refractivity (Wildman–Crippen MR) is 95.4 cm³/mol. The summed E-state index contributed by atoms with van der Waals surface area (Å²) in [7, 11) is 0. The van der Waals surface area contributed by atoms with E-state index in [2.05, 4.69) is 21.0 Å². The summed E-state index contributed by atoms with van der Waals surface area (Å²) in [5.74, 6) is -0.238. The monoisotopic (exact) mass is 357 g/mol. The van der Waals surface area contributed by atoms with E-state index >= 15 is 0 Å². The molecule has 0 bridgehead atoms. The second kappa shape index (κ2) is 9.03. The second-order valence-electron chi connectivity index (χ2n) is 6.94. The SMILES string of the molecule is CC(C)(C)C(=O)NCCNC(=O)c1ccn(C2CCCNC2)n1.Cl. The van der Waals surface area contributed by atoms with Crippen LogP contribution in [0.2, 0.25) is 0 Å². The van der Waals surface area contributed by atoms with Crippen LogP contribution in [0, 0.1) is 5.41 Å². The molecule has 0 aromatic carbocycles. The van der Waals surface area contributed by atoms with Gasteiger partial charge in [0, 0.05) is 31.2 Å². The van der Waals surface area contributed by atoms with Gasteiger partial charge >= 0.3 is 0 Å². The van der Waals surface area contributed by atoms with E-state index in [1.807, 2.05) is 31.6 Å². The third-order valence-electron chi connectivity index (χ3n) is 3.86. The van der Waals surface area contributed by atoms with Crippen LogP contribution in [0.5, 0.6) is 0 Å². The van der Waals surface area contributed by atoms with Crippen LogP contribution in [0.15, 0.2) is 12.3 Å². The van der Waals surface area contributed by atoms with E-state index in [0.717, 1.165) is 25.9 Å². The van der Waals surface area contributed by atoms with Crippen LogP contribution >= 0.6 is 12.4 Å². The highest BCUT2D eigenvalue weighted by atomic mass is 35.5. The number of aromatic nitrogens is 2. The van der Waals surface area contributed by atoms with E-state index in [0.29, 0.717) is 24.8 Å². The number of rotatable bonds is 5. The van der Waals surface area contributed by atoms with E-state index in [1.165, 1.54) is 0 Å². The fourth-order valence-corrected chi connectivity index (χ4v) is 2.43. The Labute approximate surface area is 149 Å². The molecule has 1 aliphatic rings. The average Bonchev–Trinajstić information content (AvgIpc) is 3.01. The molecule has 1 aromatic rings. The van der Waals surface area contributed by atoms with Crippen molar-refractivity contribution >= 4 is 24.2 Å². The standard InChI is InChI=1S/C16H27N5O2.ClH/c1-16(2,3)15(23)19-9-8-18-14(22)13-6-10-21(20-13)12-5-4-7-17-11-12;/h6,10,12,17H,4-5,7-9,11H2,1-3H3,(H,18,22)(H,19,23);1H. The molecule has 1 unspecified atom stereocenters. The third kappa shape index (κ3) is 5.79. The maximum absolute atomic E-state index is 12.1. The van der Waals surface area contributed by atoms with Gasteiger partial charge in [-0.05, 0) is 25.5 Å². The van der Waals surface area contributed by atoms with Crippen LogP contribution in [0.4, 0.5) is 0 Å². The normalized spacial score (nSPS) is 17.7. The fraction of sp³-hybridized carbons (Fsp3) is 0.688. The van der Waals surface area contributed by atoms with E-state index in [9.17, 15) is 9.59 Å². The van der Waals surface area contributed by atoms with E-state index in [1.54, 1.807) is 6.07 Å². The lowest BCUT2D eigenvalue weighted by atomic mass is 9.96. The Kier molecular flexibility index (Phi) is 7.69. The van der Waals surface area contributed by atoms with Gasteiger partial charge in [-0.25, -0.2) is 0 Å². The Morgan fingerprint density at radius 3 is 2.67 bits per heavy atom. The molecule has 0 radical (unpaired) electrons. The van der Waals surface area contributed by atoms with Crippen molar-refractivity contribution in [3.8, 4) is 0 Å². The highest BCUT2D eigenvalue weighted by Gasteiger charge is 2.20. The predicted octanol–water partition coefficient (Wildman–Crippen LogP) is 1.12. The van der Waals surface area contributed by atoms with Crippen molar-refractivity contribution in [2.24, 2.45) is 5.41 Å². The zero-order valence-electron chi connectivity index (χ0n) is 14.6. The first kappa shape index (κ1) is 20.4. The Morgan fingerprint density at radius 2 is 2.04 bits per heavy atom. The molecule has 0 spiro atoms. The summed E-state index contributed by atoms with van der Waals surface area (Å²) in [6.45, 7) is 8.30. The molecule has 2 rings (SSSR count). The number of hydrogen-bond donors (Lipinski definition) is 3. The molecule has 24 heavy (non-hydrogen) atoms. The summed E-state index contributed by atoms with van der Waals surface area (Å²) >= 11 is 0. The number of nitrogens with zero attached hydrogens (tertiary/aromatic N) is 2. The molecular formula is C16H28ClN5O2. The van der Waals surface area contributed by atoms with Crippen molar-refractivity contribution in [1.82, 2.24) is 25.7 Å². The number of amides is 2. The minimum absolute atomic E-state index is 0. The van der Waals surface area contributed by atoms with Crippen LogP contribution in [-0.4, -0.2) is 47.8 Å². The molecule has 1 fully saturated rings. The van der Waals surface area contributed by atoms with Crippen molar-refractivity contribution in [3.63, 3.8) is 0 Å². The summed E-state index contributed by atoms with van der Waals surface area (Å²) in [5, 5.41) is 13.3. The molecule has 136 valence electrons. The van der Waals surface area contributed by atoms with Gasteiger partial charge in [0.2, 0.25) is 5.91 Å². The molecule has 7 nitrogen and oxygen atoms in total. The van der Waals surface area contributed by atoms with Gasteiger partial charge in [0.05, 0.1) is 6.04 Å². The first-order valence-electron chi connectivity index (χ1n) is 8.20. The quantitative estimate of drug-likeness (QED) is 0.689. The zero-order valence-corrected chi connectivity index (χ0v) is 15.4. The molecule has 2 amide bonds.